The zero-order valence-corrected chi connectivity index (χ0v) is 27.5. The topological polar surface area (TPSA) is 56.6 Å². The fourth-order valence-corrected chi connectivity index (χ4v) is 8.19. The minimum Gasteiger partial charge on any atom is -0.367 e. The predicted molar refractivity (Wildman–Crippen MR) is 204 cm³/mol. The van der Waals surface area contributed by atoms with E-state index in [1.165, 1.54) is 44.6 Å². The molecule has 3 aliphatic heterocycles. The van der Waals surface area contributed by atoms with Crippen LogP contribution in [-0.2, 0) is 0 Å². The number of allylic oxidation sites excluding steroid dienone is 3. The zero-order valence-electron chi connectivity index (χ0n) is 27.5. The molecule has 0 spiro atoms. The van der Waals surface area contributed by atoms with E-state index in [1.807, 2.05) is 0 Å². The summed E-state index contributed by atoms with van der Waals surface area (Å²) < 4.78 is 2.46. The Morgan fingerprint density at radius 2 is 1.48 bits per heavy atom. The minimum atomic E-state index is -0.385. The first kappa shape index (κ1) is 28.9. The number of amidine groups is 1. The van der Waals surface area contributed by atoms with Crippen molar-refractivity contribution >= 4 is 34.1 Å². The van der Waals surface area contributed by atoms with E-state index in [-0.39, 0.29) is 18.6 Å². The molecular formula is C44H36N6. The molecule has 6 heteroatoms. The lowest BCUT2D eigenvalue weighted by atomic mass is 9.91. The summed E-state index contributed by atoms with van der Waals surface area (Å²) in [5.41, 5.74) is 13.3. The molecule has 0 fully saturated rings. The van der Waals surface area contributed by atoms with Crippen molar-refractivity contribution in [2.75, 3.05) is 4.90 Å². The number of hydrogen-bond donors (Lipinski definition) is 3. The molecule has 4 heterocycles. The third-order valence-electron chi connectivity index (χ3n) is 10.4. The molecule has 4 aliphatic rings. The molecule has 10 rings (SSSR count). The second kappa shape index (κ2) is 11.8. The molecule has 1 aliphatic carbocycles. The Morgan fingerprint density at radius 3 is 2.38 bits per heavy atom. The van der Waals surface area contributed by atoms with Crippen LogP contribution in [-0.4, -0.2) is 10.4 Å². The summed E-state index contributed by atoms with van der Waals surface area (Å²) in [5, 5.41) is 12.7. The average Bonchev–Trinajstić information content (AvgIpc) is 3.48. The average molecular weight is 649 g/mol. The predicted octanol–water partition coefficient (Wildman–Crippen LogP) is 9.26. The van der Waals surface area contributed by atoms with Crippen molar-refractivity contribution in [3.8, 4) is 11.3 Å². The molecule has 3 N–H and O–H groups in total. The molecule has 5 aromatic carbocycles. The van der Waals surface area contributed by atoms with Crippen molar-refractivity contribution in [2.45, 2.75) is 31.5 Å². The lowest BCUT2D eigenvalue weighted by molar-refractivity contribution is 0.337. The summed E-state index contributed by atoms with van der Waals surface area (Å²) >= 11 is 0. The zero-order chi connectivity index (χ0) is 33.0. The monoisotopic (exact) mass is 648 g/mol. The first-order valence-corrected chi connectivity index (χ1v) is 17.5. The van der Waals surface area contributed by atoms with Gasteiger partial charge in [0.25, 0.3) is 0 Å². The third-order valence-corrected chi connectivity index (χ3v) is 10.4. The fourth-order valence-electron chi connectivity index (χ4n) is 8.19. The van der Waals surface area contributed by atoms with Gasteiger partial charge in [0.05, 0.1) is 16.9 Å². The summed E-state index contributed by atoms with van der Waals surface area (Å²) in [7, 11) is 0. The van der Waals surface area contributed by atoms with Gasteiger partial charge < -0.3 is 20.1 Å². The Balaban J connectivity index is 1.25. The van der Waals surface area contributed by atoms with E-state index < -0.39 is 0 Å². The van der Waals surface area contributed by atoms with Crippen LogP contribution in [0.25, 0.3) is 33.8 Å². The number of benzene rings is 5. The number of hydrogen-bond acceptors (Lipinski definition) is 5. The minimum absolute atomic E-state index is 0.0732. The van der Waals surface area contributed by atoms with Crippen molar-refractivity contribution in [3.63, 3.8) is 0 Å². The van der Waals surface area contributed by atoms with Gasteiger partial charge in [-0.1, -0.05) is 127 Å². The van der Waals surface area contributed by atoms with E-state index in [0.717, 1.165) is 41.0 Å². The van der Waals surface area contributed by atoms with Gasteiger partial charge >= 0.3 is 0 Å². The molecule has 1 aromatic heterocycles. The Kier molecular flexibility index (Phi) is 6.81. The SMILES string of the molecule is C1=CC2=C(CC1)c1c(n(C3N=C(c4ccccc4)NC(c4ccccc4)N3)c3ccccc13)-c1ccccc1N2C1NC=Cc2ccccc21. The number of nitrogens with zero attached hydrogens (tertiary/aromatic N) is 3. The smallest absolute Gasteiger partial charge is 0.184 e. The normalized spacial score (nSPS) is 20.5. The van der Waals surface area contributed by atoms with Crippen LogP contribution in [0.2, 0.25) is 0 Å². The maximum Gasteiger partial charge on any atom is 0.184 e. The van der Waals surface area contributed by atoms with Crippen LogP contribution in [0.5, 0.6) is 0 Å². The van der Waals surface area contributed by atoms with Crippen molar-refractivity contribution in [1.82, 2.24) is 20.5 Å². The molecule has 6 aromatic rings. The fraction of sp³-hybridized carbons (Fsp3) is 0.114. The van der Waals surface area contributed by atoms with Gasteiger partial charge in [0.15, 0.2) is 6.29 Å². The number of rotatable bonds is 4. The molecule has 0 amide bonds. The van der Waals surface area contributed by atoms with Gasteiger partial charge in [-0.25, -0.2) is 4.99 Å². The number of aromatic nitrogens is 1. The standard InChI is InChI=1S/C44H36N6/c1-3-16-30(17-4-1)41-46-42(31-18-5-2-6-19-31)48-44(47-41)50-37-25-13-10-22-34(37)39-33-21-9-12-24-36(33)49(38-26-14-11-23-35(38)40(39)50)43-32-20-8-7-15-29(32)27-28-45-43/h1-8,10-20,22-28,41,43-45,47H,9,21H2,(H,46,48). The Morgan fingerprint density at radius 1 is 0.720 bits per heavy atom. The highest BCUT2D eigenvalue weighted by atomic mass is 15.4. The van der Waals surface area contributed by atoms with Crippen molar-refractivity contribution in [3.05, 3.63) is 185 Å². The number of fused-ring (bicyclic) bond motifs is 7. The highest BCUT2D eigenvalue weighted by Crippen LogP contribution is 2.52. The Bertz CT molecular complexity index is 2380. The summed E-state index contributed by atoms with van der Waals surface area (Å²) in [6, 6.07) is 47.6. The van der Waals surface area contributed by atoms with Gasteiger partial charge in [-0.15, -0.1) is 0 Å². The quantitative estimate of drug-likeness (QED) is 0.178. The Labute approximate surface area is 291 Å². The molecule has 6 nitrogen and oxygen atoms in total. The maximum atomic E-state index is 5.47. The van der Waals surface area contributed by atoms with E-state index in [0.29, 0.717) is 0 Å². The highest BCUT2D eigenvalue weighted by molar-refractivity contribution is 6.06. The molecule has 3 unspecified atom stereocenters. The van der Waals surface area contributed by atoms with Crippen LogP contribution in [0.1, 0.15) is 59.3 Å². The molecule has 50 heavy (non-hydrogen) atoms. The van der Waals surface area contributed by atoms with Crippen molar-refractivity contribution < 1.29 is 0 Å². The Hall–Kier alpha value is -6.11. The van der Waals surface area contributed by atoms with E-state index in [9.17, 15) is 0 Å². The molecule has 0 bridgehead atoms. The van der Waals surface area contributed by atoms with Crippen LogP contribution < -0.4 is 20.9 Å². The van der Waals surface area contributed by atoms with Crippen molar-refractivity contribution in [1.29, 1.82) is 0 Å². The molecule has 0 radical (unpaired) electrons. The van der Waals surface area contributed by atoms with E-state index in [4.69, 9.17) is 4.99 Å². The summed E-state index contributed by atoms with van der Waals surface area (Å²) in [4.78, 5) is 8.00. The maximum absolute atomic E-state index is 5.47. The van der Waals surface area contributed by atoms with Crippen molar-refractivity contribution in [2.24, 2.45) is 4.99 Å². The molecule has 0 saturated heterocycles. The van der Waals surface area contributed by atoms with Gasteiger partial charge in [0, 0.05) is 33.3 Å². The summed E-state index contributed by atoms with van der Waals surface area (Å²) in [6.45, 7) is 0. The lowest BCUT2D eigenvalue weighted by Crippen LogP contribution is -2.46. The van der Waals surface area contributed by atoms with E-state index in [1.54, 1.807) is 0 Å². The molecular weight excluding hydrogens is 613 g/mol. The third kappa shape index (κ3) is 4.56. The number of anilines is 1. The summed E-state index contributed by atoms with van der Waals surface area (Å²) in [5.74, 6) is 0.869. The molecule has 3 atom stereocenters. The van der Waals surface area contributed by atoms with Crippen LogP contribution in [0, 0.1) is 0 Å². The number of nitrogens with one attached hydrogen (secondary N) is 3. The van der Waals surface area contributed by atoms with E-state index in [2.05, 4.69) is 183 Å². The first-order chi connectivity index (χ1) is 24.8. The van der Waals surface area contributed by atoms with Crippen LogP contribution in [0.4, 0.5) is 5.69 Å². The summed E-state index contributed by atoms with van der Waals surface area (Å²) in [6.07, 6.45) is 10.3. The van der Waals surface area contributed by atoms with Gasteiger partial charge in [-0.3, -0.25) is 5.32 Å². The van der Waals surface area contributed by atoms with Crippen LogP contribution in [0.15, 0.2) is 163 Å². The van der Waals surface area contributed by atoms with Gasteiger partial charge in [-0.05, 0) is 60.0 Å². The number of para-hydroxylation sites is 2. The first-order valence-electron chi connectivity index (χ1n) is 17.5. The second-order valence-corrected chi connectivity index (χ2v) is 13.2. The number of aliphatic imine (C=N–C) groups is 1. The molecule has 0 saturated carbocycles. The highest BCUT2D eigenvalue weighted by Gasteiger charge is 2.38. The van der Waals surface area contributed by atoms with Gasteiger partial charge in [0.2, 0.25) is 0 Å². The largest absolute Gasteiger partial charge is 0.367 e. The lowest BCUT2D eigenvalue weighted by Gasteiger charge is -2.39. The van der Waals surface area contributed by atoms with Gasteiger partial charge in [-0.2, -0.15) is 0 Å². The van der Waals surface area contributed by atoms with E-state index >= 15 is 0 Å². The molecule has 242 valence electrons. The van der Waals surface area contributed by atoms with Crippen LogP contribution in [0.3, 0.4) is 0 Å². The second-order valence-electron chi connectivity index (χ2n) is 13.2. The van der Waals surface area contributed by atoms with Gasteiger partial charge in [0.1, 0.15) is 18.2 Å². The van der Waals surface area contributed by atoms with Crippen LogP contribution >= 0.6 is 0 Å².